The maximum atomic E-state index is 11.6. The van der Waals surface area contributed by atoms with Crippen molar-refractivity contribution in [2.24, 2.45) is 0 Å². The standard InChI is InChI=1S/C12H20N4O2S/c1-12(18,8-19-4)7-13-10-6-5-9(14-15-10)11(17)16(2)3/h5-6,18H,7-8H2,1-4H3,(H,13,15). The smallest absolute Gasteiger partial charge is 0.273 e. The molecule has 1 atom stereocenters. The molecule has 0 fully saturated rings. The van der Waals surface area contributed by atoms with Crippen LogP contribution in [0.15, 0.2) is 12.1 Å². The van der Waals surface area contributed by atoms with Gasteiger partial charge in [0.2, 0.25) is 0 Å². The molecule has 7 heteroatoms. The number of rotatable bonds is 6. The molecule has 6 nitrogen and oxygen atoms in total. The third-order valence-electron chi connectivity index (χ3n) is 2.40. The number of anilines is 1. The minimum Gasteiger partial charge on any atom is -0.387 e. The summed E-state index contributed by atoms with van der Waals surface area (Å²) in [7, 11) is 3.32. The normalized spacial score (nSPS) is 13.7. The number of hydrogen-bond donors (Lipinski definition) is 2. The van der Waals surface area contributed by atoms with Gasteiger partial charge in [0.25, 0.3) is 5.91 Å². The second kappa shape index (κ2) is 6.72. The van der Waals surface area contributed by atoms with Gasteiger partial charge in [-0.05, 0) is 25.3 Å². The molecule has 0 aliphatic heterocycles. The van der Waals surface area contributed by atoms with Gasteiger partial charge in [-0.25, -0.2) is 0 Å². The van der Waals surface area contributed by atoms with Gasteiger partial charge in [0.15, 0.2) is 5.69 Å². The van der Waals surface area contributed by atoms with E-state index < -0.39 is 5.60 Å². The summed E-state index contributed by atoms with van der Waals surface area (Å²) in [6.45, 7) is 2.14. The SMILES string of the molecule is CSCC(C)(O)CNc1ccc(C(=O)N(C)C)nn1. The Hall–Kier alpha value is -1.34. The first-order chi connectivity index (χ1) is 8.85. The summed E-state index contributed by atoms with van der Waals surface area (Å²) < 4.78 is 0. The van der Waals surface area contributed by atoms with E-state index in [4.69, 9.17) is 0 Å². The van der Waals surface area contributed by atoms with E-state index in [9.17, 15) is 9.90 Å². The molecule has 1 aromatic heterocycles. The van der Waals surface area contributed by atoms with Crippen LogP contribution in [0.4, 0.5) is 5.82 Å². The number of aliphatic hydroxyl groups is 1. The maximum absolute atomic E-state index is 11.6. The molecule has 106 valence electrons. The second-order valence-corrected chi connectivity index (χ2v) is 5.65. The molecule has 1 amide bonds. The van der Waals surface area contributed by atoms with Gasteiger partial charge in [-0.2, -0.15) is 11.8 Å². The molecule has 0 bridgehead atoms. The average Bonchev–Trinajstić information content (AvgIpc) is 2.36. The van der Waals surface area contributed by atoms with Gasteiger partial charge in [-0.3, -0.25) is 4.79 Å². The number of nitrogens with zero attached hydrogens (tertiary/aromatic N) is 3. The molecule has 0 aliphatic carbocycles. The topological polar surface area (TPSA) is 78.4 Å². The van der Waals surface area contributed by atoms with Crippen LogP contribution >= 0.6 is 11.8 Å². The largest absolute Gasteiger partial charge is 0.387 e. The molecule has 1 aromatic rings. The number of carbonyl (C=O) groups is 1. The van der Waals surface area contributed by atoms with Crippen molar-refractivity contribution in [2.45, 2.75) is 12.5 Å². The predicted octanol–water partition coefficient (Wildman–Crippen LogP) is 0.704. The molecule has 1 unspecified atom stereocenters. The van der Waals surface area contributed by atoms with Gasteiger partial charge >= 0.3 is 0 Å². The first kappa shape index (κ1) is 15.7. The number of hydrogen-bond acceptors (Lipinski definition) is 6. The number of aromatic nitrogens is 2. The van der Waals surface area contributed by atoms with E-state index in [0.29, 0.717) is 23.8 Å². The van der Waals surface area contributed by atoms with E-state index >= 15 is 0 Å². The van der Waals surface area contributed by atoms with E-state index in [0.717, 1.165) is 0 Å². The lowest BCUT2D eigenvalue weighted by Crippen LogP contribution is -2.36. The molecule has 0 saturated heterocycles. The fraction of sp³-hybridized carbons (Fsp3) is 0.583. The Bertz CT molecular complexity index is 420. The second-order valence-electron chi connectivity index (χ2n) is 4.79. The molecule has 2 N–H and O–H groups in total. The molecule has 1 heterocycles. The van der Waals surface area contributed by atoms with Gasteiger partial charge in [-0.1, -0.05) is 0 Å². The van der Waals surface area contributed by atoms with Gasteiger partial charge in [0.1, 0.15) is 5.82 Å². The fourth-order valence-corrected chi connectivity index (χ4v) is 2.14. The third-order valence-corrected chi connectivity index (χ3v) is 3.31. The van der Waals surface area contributed by atoms with Crippen LogP contribution in [0.1, 0.15) is 17.4 Å². The van der Waals surface area contributed by atoms with E-state index in [-0.39, 0.29) is 5.91 Å². The van der Waals surface area contributed by atoms with Crippen molar-refractivity contribution in [1.82, 2.24) is 15.1 Å². The van der Waals surface area contributed by atoms with Gasteiger partial charge in [0, 0.05) is 26.4 Å². The molecular weight excluding hydrogens is 264 g/mol. The van der Waals surface area contributed by atoms with Gasteiger partial charge in [-0.15, -0.1) is 10.2 Å². The summed E-state index contributed by atoms with van der Waals surface area (Å²) in [5, 5.41) is 20.8. The van der Waals surface area contributed by atoms with Crippen molar-refractivity contribution in [2.75, 3.05) is 38.0 Å². The predicted molar refractivity (Wildman–Crippen MR) is 77.5 cm³/mol. The highest BCUT2D eigenvalue weighted by Crippen LogP contribution is 2.12. The lowest BCUT2D eigenvalue weighted by molar-refractivity contribution is 0.0820. The Kier molecular flexibility index (Phi) is 5.56. The first-order valence-corrected chi connectivity index (χ1v) is 7.26. The monoisotopic (exact) mass is 284 g/mol. The minimum atomic E-state index is -0.806. The van der Waals surface area contributed by atoms with Crippen molar-refractivity contribution in [3.8, 4) is 0 Å². The van der Waals surface area contributed by atoms with Crippen molar-refractivity contribution in [3.63, 3.8) is 0 Å². The molecule has 1 rings (SSSR count). The number of amides is 1. The van der Waals surface area contributed by atoms with Crippen LogP contribution in [-0.4, -0.2) is 64.4 Å². The molecule has 0 spiro atoms. The average molecular weight is 284 g/mol. The Morgan fingerprint density at radius 1 is 1.47 bits per heavy atom. The zero-order valence-electron chi connectivity index (χ0n) is 11.7. The van der Waals surface area contributed by atoms with Crippen LogP contribution in [-0.2, 0) is 0 Å². The van der Waals surface area contributed by atoms with Crippen LogP contribution in [0.2, 0.25) is 0 Å². The van der Waals surface area contributed by atoms with Crippen LogP contribution < -0.4 is 5.32 Å². The van der Waals surface area contributed by atoms with Gasteiger partial charge in [0.05, 0.1) is 5.60 Å². The lowest BCUT2D eigenvalue weighted by atomic mass is 10.1. The summed E-state index contributed by atoms with van der Waals surface area (Å²) in [6, 6.07) is 3.29. The maximum Gasteiger partial charge on any atom is 0.273 e. The van der Waals surface area contributed by atoms with Gasteiger partial charge < -0.3 is 15.3 Å². The van der Waals surface area contributed by atoms with Crippen LogP contribution in [0.3, 0.4) is 0 Å². The van der Waals surface area contributed by atoms with Crippen molar-refractivity contribution in [3.05, 3.63) is 17.8 Å². The first-order valence-electron chi connectivity index (χ1n) is 5.86. The van der Waals surface area contributed by atoms with Crippen LogP contribution in [0.25, 0.3) is 0 Å². The highest BCUT2D eigenvalue weighted by Gasteiger charge is 2.19. The number of nitrogens with one attached hydrogen (secondary N) is 1. The Balaban J connectivity index is 2.60. The molecular formula is C12H20N4O2S. The Morgan fingerprint density at radius 2 is 2.16 bits per heavy atom. The Morgan fingerprint density at radius 3 is 2.63 bits per heavy atom. The summed E-state index contributed by atoms with van der Waals surface area (Å²) in [5.41, 5.74) is -0.509. The van der Waals surface area contributed by atoms with Crippen molar-refractivity contribution < 1.29 is 9.90 Å². The van der Waals surface area contributed by atoms with Crippen LogP contribution in [0, 0.1) is 0 Å². The number of carbonyl (C=O) groups excluding carboxylic acids is 1. The Labute approximate surface area is 117 Å². The highest BCUT2D eigenvalue weighted by molar-refractivity contribution is 7.98. The summed E-state index contributed by atoms with van der Waals surface area (Å²) in [5.74, 6) is 0.982. The summed E-state index contributed by atoms with van der Waals surface area (Å²) in [6.07, 6.45) is 1.94. The lowest BCUT2D eigenvalue weighted by Gasteiger charge is -2.22. The van der Waals surface area contributed by atoms with E-state index in [1.165, 1.54) is 4.90 Å². The minimum absolute atomic E-state index is 0.187. The molecule has 19 heavy (non-hydrogen) atoms. The molecule has 0 saturated carbocycles. The van der Waals surface area contributed by atoms with Crippen molar-refractivity contribution in [1.29, 1.82) is 0 Å². The highest BCUT2D eigenvalue weighted by atomic mass is 32.2. The van der Waals surface area contributed by atoms with Crippen LogP contribution in [0.5, 0.6) is 0 Å². The third kappa shape index (κ3) is 5.04. The molecule has 0 radical (unpaired) electrons. The van der Waals surface area contributed by atoms with Crippen molar-refractivity contribution >= 4 is 23.5 Å². The molecule has 0 aromatic carbocycles. The quantitative estimate of drug-likeness (QED) is 0.801. The molecule has 0 aliphatic rings. The zero-order valence-corrected chi connectivity index (χ0v) is 12.5. The summed E-state index contributed by atoms with van der Waals surface area (Å²) in [4.78, 5) is 13.1. The summed E-state index contributed by atoms with van der Waals surface area (Å²) >= 11 is 1.58. The van der Waals surface area contributed by atoms with E-state index in [2.05, 4.69) is 15.5 Å². The number of thioether (sulfide) groups is 1. The fourth-order valence-electron chi connectivity index (χ4n) is 1.41. The van der Waals surface area contributed by atoms with E-state index in [1.54, 1.807) is 44.9 Å². The zero-order chi connectivity index (χ0) is 14.5. The van der Waals surface area contributed by atoms with E-state index in [1.807, 2.05) is 6.26 Å².